The van der Waals surface area contributed by atoms with Crippen LogP contribution < -0.4 is 10.8 Å². The maximum atomic E-state index is 11.4. The molecule has 3 N–H and O–H groups in total. The largest absolute Gasteiger partial charge is 0.389 e. The van der Waals surface area contributed by atoms with E-state index in [4.69, 9.17) is 4.84 Å². The molecule has 0 aliphatic carbocycles. The zero-order valence-corrected chi connectivity index (χ0v) is 16.4. The van der Waals surface area contributed by atoms with Crippen LogP contribution in [0.2, 0.25) is 0 Å². The second-order valence-electron chi connectivity index (χ2n) is 6.76. The summed E-state index contributed by atoms with van der Waals surface area (Å²) in [5.41, 5.74) is 3.61. The van der Waals surface area contributed by atoms with Gasteiger partial charge in [0, 0.05) is 45.3 Å². The molecule has 0 bridgehead atoms. The first kappa shape index (κ1) is 22.7. The number of β-amino-alcohol motifs (C(OH)–C–C–N with tert-alkyl or cyclic N) is 1. The molecule has 26 heavy (non-hydrogen) atoms. The number of nitrogens with one attached hydrogen (secondary N) is 2. The third-order valence-electron chi connectivity index (χ3n) is 4.04. The molecule has 1 aliphatic rings. The lowest BCUT2D eigenvalue weighted by molar-refractivity contribution is -0.0214. The van der Waals surface area contributed by atoms with E-state index >= 15 is 0 Å². The molecule has 1 atom stereocenters. The van der Waals surface area contributed by atoms with Gasteiger partial charge in [0.15, 0.2) is 0 Å². The Morgan fingerprint density at radius 3 is 2.38 bits per heavy atom. The first-order chi connectivity index (χ1) is 12.0. The second kappa shape index (κ2) is 12.1. The molecule has 0 aromatic heterocycles. The van der Waals surface area contributed by atoms with E-state index in [0.29, 0.717) is 6.54 Å². The molecule has 8 heteroatoms. The van der Waals surface area contributed by atoms with E-state index in [9.17, 15) is 9.90 Å². The Morgan fingerprint density at radius 1 is 1.15 bits per heavy atom. The number of carbonyl (C=O) groups is 1. The van der Waals surface area contributed by atoms with E-state index < -0.39 is 12.1 Å². The van der Waals surface area contributed by atoms with Crippen molar-refractivity contribution in [2.24, 2.45) is 0 Å². The van der Waals surface area contributed by atoms with Crippen molar-refractivity contribution in [3.8, 4) is 0 Å². The van der Waals surface area contributed by atoms with Gasteiger partial charge in [-0.15, -0.1) is 12.4 Å². The van der Waals surface area contributed by atoms with Crippen molar-refractivity contribution >= 4 is 18.4 Å². The summed E-state index contributed by atoms with van der Waals surface area (Å²) in [7, 11) is 0. The summed E-state index contributed by atoms with van der Waals surface area (Å²) < 4.78 is 0. The average Bonchev–Trinajstić information content (AvgIpc) is 2.57. The van der Waals surface area contributed by atoms with Crippen LogP contribution in [-0.4, -0.2) is 72.4 Å². The third kappa shape index (κ3) is 8.82. The fourth-order valence-corrected chi connectivity index (χ4v) is 2.82. The predicted molar refractivity (Wildman–Crippen MR) is 104 cm³/mol. The van der Waals surface area contributed by atoms with Crippen LogP contribution >= 0.6 is 12.4 Å². The molecule has 2 amide bonds. The molecular formula is C18H31ClN4O3. The molecule has 1 aromatic carbocycles. The minimum Gasteiger partial charge on any atom is -0.389 e. The summed E-state index contributed by atoms with van der Waals surface area (Å²) in [6.07, 6.45) is -0.625. The highest BCUT2D eigenvalue weighted by molar-refractivity contribution is 5.85. The number of urea groups is 1. The number of piperazine rings is 1. The van der Waals surface area contributed by atoms with E-state index in [0.717, 1.165) is 32.7 Å². The van der Waals surface area contributed by atoms with E-state index in [1.807, 2.05) is 19.9 Å². The number of aliphatic hydroxyl groups is 1. The molecule has 1 aromatic rings. The highest BCUT2D eigenvalue weighted by atomic mass is 35.5. The van der Waals surface area contributed by atoms with Crippen molar-refractivity contribution < 1.29 is 14.7 Å². The standard InChI is InChI=1S/C18H30N4O3.ClH/c1-15(2)19-18(24)20-25-14-17(23)13-22-10-8-21(9-11-22)12-16-6-4-3-5-7-16;/h3-7,15,17,23H,8-14H2,1-2H3,(H2,19,20,24);1H. The lowest BCUT2D eigenvalue weighted by Crippen LogP contribution is -2.49. The maximum Gasteiger partial charge on any atom is 0.338 e. The zero-order chi connectivity index (χ0) is 18.1. The topological polar surface area (TPSA) is 77.1 Å². The molecule has 148 valence electrons. The molecular weight excluding hydrogens is 356 g/mol. The van der Waals surface area contributed by atoms with Gasteiger partial charge in [-0.25, -0.2) is 10.3 Å². The van der Waals surface area contributed by atoms with Crippen molar-refractivity contribution in [1.82, 2.24) is 20.6 Å². The van der Waals surface area contributed by atoms with Gasteiger partial charge in [-0.1, -0.05) is 30.3 Å². The normalized spacial score (nSPS) is 16.8. The average molecular weight is 387 g/mol. The van der Waals surface area contributed by atoms with Crippen LogP contribution in [0, 0.1) is 0 Å². The van der Waals surface area contributed by atoms with Crippen molar-refractivity contribution in [1.29, 1.82) is 0 Å². The maximum absolute atomic E-state index is 11.4. The number of rotatable bonds is 8. The second-order valence-corrected chi connectivity index (χ2v) is 6.76. The molecule has 1 saturated heterocycles. The van der Waals surface area contributed by atoms with E-state index in [1.54, 1.807) is 0 Å². The number of amides is 2. The molecule has 7 nitrogen and oxygen atoms in total. The monoisotopic (exact) mass is 386 g/mol. The van der Waals surface area contributed by atoms with Gasteiger partial charge in [0.25, 0.3) is 0 Å². The van der Waals surface area contributed by atoms with Crippen LogP contribution in [0.4, 0.5) is 4.79 Å². The Kier molecular flexibility index (Phi) is 10.5. The van der Waals surface area contributed by atoms with Gasteiger partial charge in [0.05, 0.1) is 6.10 Å². The van der Waals surface area contributed by atoms with Gasteiger partial charge >= 0.3 is 6.03 Å². The summed E-state index contributed by atoms with van der Waals surface area (Å²) in [6, 6.07) is 10.1. The number of hydrogen-bond acceptors (Lipinski definition) is 5. The van der Waals surface area contributed by atoms with Gasteiger partial charge < -0.3 is 10.4 Å². The first-order valence-corrected chi connectivity index (χ1v) is 8.88. The molecule has 1 heterocycles. The molecule has 2 rings (SSSR count). The molecule has 0 saturated carbocycles. The SMILES string of the molecule is CC(C)NC(=O)NOCC(O)CN1CCN(Cc2ccccc2)CC1.Cl. The van der Waals surface area contributed by atoms with Crippen LogP contribution in [-0.2, 0) is 11.4 Å². The Balaban J connectivity index is 0.00000338. The number of aliphatic hydroxyl groups excluding tert-OH is 1. The zero-order valence-electron chi connectivity index (χ0n) is 15.6. The summed E-state index contributed by atoms with van der Waals surface area (Å²) >= 11 is 0. The van der Waals surface area contributed by atoms with E-state index in [2.05, 4.69) is 44.9 Å². The van der Waals surface area contributed by atoms with Gasteiger partial charge in [0.2, 0.25) is 0 Å². The Bertz CT molecular complexity index is 510. The highest BCUT2D eigenvalue weighted by Crippen LogP contribution is 2.08. The summed E-state index contributed by atoms with van der Waals surface area (Å²) in [5.74, 6) is 0. The lowest BCUT2D eigenvalue weighted by Gasteiger charge is -2.35. The number of hydrogen-bond donors (Lipinski definition) is 3. The number of halogens is 1. The summed E-state index contributed by atoms with van der Waals surface area (Å²) in [5, 5.41) is 12.7. The van der Waals surface area contributed by atoms with Gasteiger partial charge in [-0.2, -0.15) is 0 Å². The van der Waals surface area contributed by atoms with E-state index in [1.165, 1.54) is 5.56 Å². The van der Waals surface area contributed by atoms with Crippen LogP contribution in [0.15, 0.2) is 30.3 Å². The summed E-state index contributed by atoms with van der Waals surface area (Å²) in [6.45, 7) is 9.14. The lowest BCUT2D eigenvalue weighted by atomic mass is 10.2. The van der Waals surface area contributed by atoms with Crippen molar-refractivity contribution in [3.63, 3.8) is 0 Å². The molecule has 1 unspecified atom stereocenters. The summed E-state index contributed by atoms with van der Waals surface area (Å²) in [4.78, 5) is 21.1. The minimum atomic E-state index is -0.625. The van der Waals surface area contributed by atoms with Gasteiger partial charge in [0.1, 0.15) is 6.61 Å². The van der Waals surface area contributed by atoms with Crippen LogP contribution in [0.1, 0.15) is 19.4 Å². The van der Waals surface area contributed by atoms with Crippen LogP contribution in [0.5, 0.6) is 0 Å². The number of carbonyl (C=O) groups excluding carboxylic acids is 1. The third-order valence-corrected chi connectivity index (χ3v) is 4.04. The molecule has 1 aliphatic heterocycles. The fraction of sp³-hybridized carbons (Fsp3) is 0.611. The van der Waals surface area contributed by atoms with Gasteiger partial charge in [-0.3, -0.25) is 14.6 Å². The smallest absolute Gasteiger partial charge is 0.338 e. The Morgan fingerprint density at radius 2 is 1.77 bits per heavy atom. The van der Waals surface area contributed by atoms with Gasteiger partial charge in [-0.05, 0) is 19.4 Å². The number of benzene rings is 1. The first-order valence-electron chi connectivity index (χ1n) is 8.88. The van der Waals surface area contributed by atoms with Crippen molar-refractivity contribution in [2.45, 2.75) is 32.5 Å². The van der Waals surface area contributed by atoms with Crippen molar-refractivity contribution in [2.75, 3.05) is 39.3 Å². The van der Waals surface area contributed by atoms with Crippen molar-refractivity contribution in [3.05, 3.63) is 35.9 Å². The number of hydroxylamine groups is 1. The van der Waals surface area contributed by atoms with E-state index in [-0.39, 0.29) is 25.1 Å². The molecule has 0 spiro atoms. The number of nitrogens with zero attached hydrogens (tertiary/aromatic N) is 2. The van der Waals surface area contributed by atoms with Crippen LogP contribution in [0.25, 0.3) is 0 Å². The Labute approximate surface area is 162 Å². The fourth-order valence-electron chi connectivity index (χ4n) is 2.82. The minimum absolute atomic E-state index is 0. The Hall–Kier alpha value is -1.38. The predicted octanol–water partition coefficient (Wildman–Crippen LogP) is 1.23. The molecule has 1 fully saturated rings. The molecule has 0 radical (unpaired) electrons. The van der Waals surface area contributed by atoms with Crippen LogP contribution in [0.3, 0.4) is 0 Å². The highest BCUT2D eigenvalue weighted by Gasteiger charge is 2.19. The quantitative estimate of drug-likeness (QED) is 0.586.